The molecule has 1 N–H and O–H groups in total. The lowest BCUT2D eigenvalue weighted by molar-refractivity contribution is 0.0810. The minimum absolute atomic E-state index is 0.0127. The second-order valence-corrected chi connectivity index (χ2v) is 10.4. The summed E-state index contributed by atoms with van der Waals surface area (Å²) in [5.41, 5.74) is -0.989. The fraction of sp³-hybridized carbons (Fsp3) is 0.667. The van der Waals surface area contributed by atoms with E-state index in [1.165, 1.54) is 0 Å². The van der Waals surface area contributed by atoms with Gasteiger partial charge in [0.25, 0.3) is 5.56 Å². The molecule has 1 aromatic rings. The molecular formula is C9H17N3O3Si. The summed E-state index contributed by atoms with van der Waals surface area (Å²) in [7, 11) is -1.13. The molecule has 7 heteroatoms. The van der Waals surface area contributed by atoms with Crippen molar-refractivity contribution in [1.82, 2.24) is 14.8 Å². The van der Waals surface area contributed by atoms with E-state index in [1.807, 2.05) is 0 Å². The molecule has 0 saturated carbocycles. The van der Waals surface area contributed by atoms with Gasteiger partial charge < -0.3 is 4.74 Å². The van der Waals surface area contributed by atoms with E-state index in [4.69, 9.17) is 4.74 Å². The third-order valence-electron chi connectivity index (χ3n) is 2.06. The summed E-state index contributed by atoms with van der Waals surface area (Å²) < 4.78 is 6.29. The van der Waals surface area contributed by atoms with Crippen LogP contribution < -0.4 is 11.2 Å². The highest BCUT2D eigenvalue weighted by Crippen LogP contribution is 2.07. The predicted octanol–water partition coefficient (Wildman–Crippen LogP) is 0.244. The summed E-state index contributed by atoms with van der Waals surface area (Å²) in [4.78, 5) is 22.4. The fourth-order valence-electron chi connectivity index (χ4n) is 1.03. The molecule has 0 fully saturated rings. The minimum atomic E-state index is -1.13. The van der Waals surface area contributed by atoms with Gasteiger partial charge in [0, 0.05) is 14.7 Å². The van der Waals surface area contributed by atoms with Crippen LogP contribution in [0.1, 0.15) is 0 Å². The Bertz CT molecular complexity index is 418. The van der Waals surface area contributed by atoms with Crippen LogP contribution in [0.25, 0.3) is 0 Å². The van der Waals surface area contributed by atoms with Gasteiger partial charge in [-0.15, -0.1) is 0 Å². The second kappa shape index (κ2) is 5.22. The molecule has 0 aliphatic rings. The molecule has 1 rings (SSSR count). The predicted molar refractivity (Wildman–Crippen MR) is 63.2 cm³/mol. The molecule has 0 spiro atoms. The van der Waals surface area contributed by atoms with Crippen molar-refractivity contribution < 1.29 is 4.74 Å². The van der Waals surface area contributed by atoms with E-state index in [-0.39, 0.29) is 6.73 Å². The van der Waals surface area contributed by atoms with Crippen molar-refractivity contribution in [2.75, 3.05) is 6.61 Å². The maximum absolute atomic E-state index is 11.2. The molecule has 0 aliphatic carbocycles. The topological polar surface area (TPSA) is 77.0 Å². The summed E-state index contributed by atoms with van der Waals surface area (Å²) in [6, 6.07) is 1.00. The molecule has 1 heterocycles. The van der Waals surface area contributed by atoms with Gasteiger partial charge in [0.2, 0.25) is 0 Å². The lowest BCUT2D eigenvalue weighted by atomic mass is 10.8. The van der Waals surface area contributed by atoms with Crippen LogP contribution in [-0.4, -0.2) is 29.4 Å². The van der Waals surface area contributed by atoms with E-state index in [1.54, 1.807) is 0 Å². The summed E-state index contributed by atoms with van der Waals surface area (Å²) in [6.07, 6.45) is 1.06. The number of hydrogen-bond acceptors (Lipinski definition) is 4. The lowest BCUT2D eigenvalue weighted by Crippen LogP contribution is -2.36. The molecule has 0 aliphatic heterocycles. The Kier molecular flexibility index (Phi) is 4.19. The summed E-state index contributed by atoms with van der Waals surface area (Å²) >= 11 is 0. The molecule has 0 aromatic carbocycles. The fourth-order valence-corrected chi connectivity index (χ4v) is 1.79. The smallest absolute Gasteiger partial charge is 0.346 e. The Morgan fingerprint density at radius 3 is 2.69 bits per heavy atom. The maximum atomic E-state index is 11.2. The Hall–Kier alpha value is -1.21. The molecule has 0 bridgehead atoms. The minimum Gasteiger partial charge on any atom is -0.361 e. The summed E-state index contributed by atoms with van der Waals surface area (Å²) in [6.45, 7) is 7.27. The number of ether oxygens (including phenoxy) is 1. The largest absolute Gasteiger partial charge is 0.361 e. The van der Waals surface area contributed by atoms with Crippen LogP contribution in [0.4, 0.5) is 0 Å². The van der Waals surface area contributed by atoms with Gasteiger partial charge in [-0.3, -0.25) is 4.79 Å². The highest BCUT2D eigenvalue weighted by molar-refractivity contribution is 6.76. The molecule has 90 valence electrons. The second-order valence-electron chi connectivity index (χ2n) is 4.79. The lowest BCUT2D eigenvalue weighted by Gasteiger charge is -2.15. The quantitative estimate of drug-likeness (QED) is 0.594. The molecule has 0 radical (unpaired) electrons. The van der Waals surface area contributed by atoms with Crippen LogP contribution in [0.2, 0.25) is 25.7 Å². The Balaban J connectivity index is 2.50. The summed E-state index contributed by atoms with van der Waals surface area (Å²) in [5, 5.41) is 5.58. The van der Waals surface area contributed by atoms with Gasteiger partial charge >= 0.3 is 5.69 Å². The first-order chi connectivity index (χ1) is 7.40. The van der Waals surface area contributed by atoms with Gasteiger partial charge in [0.05, 0.1) is 0 Å². The zero-order valence-corrected chi connectivity index (χ0v) is 10.8. The standard InChI is InChI=1S/C9H17N3O3Si/c1-16(2,3)5-4-15-7-12-8(13)6-10-11-9(12)14/h6H,4-5,7H2,1-3H3,(H,11,14). The number of nitrogens with one attached hydrogen (secondary N) is 1. The van der Waals surface area contributed by atoms with Gasteiger partial charge in [-0.25, -0.2) is 14.5 Å². The van der Waals surface area contributed by atoms with E-state index in [9.17, 15) is 9.59 Å². The Morgan fingerprint density at radius 2 is 2.12 bits per heavy atom. The molecule has 0 unspecified atom stereocenters. The molecule has 6 nitrogen and oxygen atoms in total. The van der Waals surface area contributed by atoms with Crippen LogP contribution in [0, 0.1) is 0 Å². The average molecular weight is 243 g/mol. The van der Waals surface area contributed by atoms with E-state index in [0.717, 1.165) is 16.8 Å². The van der Waals surface area contributed by atoms with Gasteiger partial charge in [-0.2, -0.15) is 5.10 Å². The van der Waals surface area contributed by atoms with Crippen LogP contribution in [0.5, 0.6) is 0 Å². The van der Waals surface area contributed by atoms with Crippen molar-refractivity contribution in [3.8, 4) is 0 Å². The van der Waals surface area contributed by atoms with Crippen molar-refractivity contribution in [2.24, 2.45) is 0 Å². The van der Waals surface area contributed by atoms with Crippen molar-refractivity contribution in [1.29, 1.82) is 0 Å². The molecule has 1 aromatic heterocycles. The Labute approximate surface area is 94.3 Å². The van der Waals surface area contributed by atoms with Crippen molar-refractivity contribution in [3.63, 3.8) is 0 Å². The zero-order chi connectivity index (χ0) is 12.2. The van der Waals surface area contributed by atoms with Crippen LogP contribution >= 0.6 is 0 Å². The monoisotopic (exact) mass is 243 g/mol. The van der Waals surface area contributed by atoms with Gasteiger partial charge in [-0.05, 0) is 6.04 Å². The van der Waals surface area contributed by atoms with Crippen LogP contribution in [-0.2, 0) is 11.5 Å². The van der Waals surface area contributed by atoms with E-state index in [2.05, 4.69) is 29.8 Å². The Morgan fingerprint density at radius 1 is 1.44 bits per heavy atom. The number of nitrogens with zero attached hydrogens (tertiary/aromatic N) is 2. The highest BCUT2D eigenvalue weighted by atomic mass is 28.3. The van der Waals surface area contributed by atoms with Gasteiger partial charge in [-0.1, -0.05) is 19.6 Å². The average Bonchev–Trinajstić information content (AvgIpc) is 2.14. The van der Waals surface area contributed by atoms with Gasteiger partial charge in [0.1, 0.15) is 12.9 Å². The third kappa shape index (κ3) is 4.11. The molecular weight excluding hydrogens is 226 g/mol. The number of H-pyrrole nitrogens is 1. The van der Waals surface area contributed by atoms with E-state index in [0.29, 0.717) is 6.61 Å². The van der Waals surface area contributed by atoms with E-state index >= 15 is 0 Å². The summed E-state index contributed by atoms with van der Waals surface area (Å²) in [5.74, 6) is 0. The molecule has 0 saturated heterocycles. The van der Waals surface area contributed by atoms with Crippen LogP contribution in [0.3, 0.4) is 0 Å². The third-order valence-corrected chi connectivity index (χ3v) is 3.77. The normalized spacial score (nSPS) is 11.7. The molecule has 0 amide bonds. The van der Waals surface area contributed by atoms with Crippen LogP contribution in [0.15, 0.2) is 15.8 Å². The zero-order valence-electron chi connectivity index (χ0n) is 9.82. The first-order valence-corrected chi connectivity index (χ1v) is 8.83. The molecule has 16 heavy (non-hydrogen) atoms. The van der Waals surface area contributed by atoms with Crippen molar-refractivity contribution in [3.05, 3.63) is 27.0 Å². The number of aromatic amines is 1. The first-order valence-electron chi connectivity index (χ1n) is 5.12. The first kappa shape index (κ1) is 12.9. The SMILES string of the molecule is C[Si](C)(C)CCOCn1c(=O)cn[nH]c1=O. The highest BCUT2D eigenvalue weighted by Gasteiger charge is 2.12. The molecule has 0 atom stereocenters. The number of hydrogen-bond donors (Lipinski definition) is 1. The number of aromatic nitrogens is 3. The van der Waals surface area contributed by atoms with Crippen molar-refractivity contribution in [2.45, 2.75) is 32.4 Å². The maximum Gasteiger partial charge on any atom is 0.346 e. The van der Waals surface area contributed by atoms with Gasteiger partial charge in [0.15, 0.2) is 0 Å². The van der Waals surface area contributed by atoms with E-state index < -0.39 is 19.3 Å². The number of rotatable bonds is 5. The van der Waals surface area contributed by atoms with Crippen molar-refractivity contribution >= 4 is 8.07 Å².